The Morgan fingerprint density at radius 1 is 1.08 bits per heavy atom. The van der Waals surface area contributed by atoms with Gasteiger partial charge in [-0.1, -0.05) is 6.07 Å². The zero-order chi connectivity index (χ0) is 17.4. The van der Waals surface area contributed by atoms with Crippen LogP contribution in [0.2, 0.25) is 0 Å². The molecule has 2 aromatic carbocycles. The minimum absolute atomic E-state index is 0.117. The standard InChI is InChI=1S/C20H17N3OS/c1-13-5-6-15(11-18(13)23-9-3-4-10-23)20(24)22-16-7-8-17-19(12-16)25-14(2)21-17/h3-12H,1-2H3,(H,22,24). The van der Waals surface area contributed by atoms with E-state index in [4.69, 9.17) is 0 Å². The second-order valence-electron chi connectivity index (χ2n) is 5.96. The highest BCUT2D eigenvalue weighted by molar-refractivity contribution is 7.18. The third kappa shape index (κ3) is 3.06. The first-order chi connectivity index (χ1) is 12.1. The third-order valence-corrected chi connectivity index (χ3v) is 5.04. The van der Waals surface area contributed by atoms with Crippen molar-refractivity contribution in [2.24, 2.45) is 0 Å². The van der Waals surface area contributed by atoms with Crippen LogP contribution in [0.15, 0.2) is 60.9 Å². The summed E-state index contributed by atoms with van der Waals surface area (Å²) in [6, 6.07) is 15.5. The molecular weight excluding hydrogens is 330 g/mol. The zero-order valence-electron chi connectivity index (χ0n) is 14.0. The number of fused-ring (bicyclic) bond motifs is 1. The highest BCUT2D eigenvalue weighted by atomic mass is 32.1. The van der Waals surface area contributed by atoms with E-state index in [0.29, 0.717) is 5.56 Å². The number of aryl methyl sites for hydroxylation is 2. The summed E-state index contributed by atoms with van der Waals surface area (Å²) in [5.41, 5.74) is 4.50. The Morgan fingerprint density at radius 3 is 2.68 bits per heavy atom. The Hall–Kier alpha value is -2.92. The molecule has 0 bridgehead atoms. The Labute approximate surface area is 149 Å². The molecule has 124 valence electrons. The number of benzene rings is 2. The lowest BCUT2D eigenvalue weighted by Gasteiger charge is -2.11. The molecule has 4 rings (SSSR count). The van der Waals surface area contributed by atoms with Gasteiger partial charge in [0.05, 0.1) is 15.2 Å². The first-order valence-electron chi connectivity index (χ1n) is 8.03. The van der Waals surface area contributed by atoms with Crippen LogP contribution < -0.4 is 5.32 Å². The summed E-state index contributed by atoms with van der Waals surface area (Å²) < 4.78 is 3.09. The van der Waals surface area contributed by atoms with E-state index in [2.05, 4.69) is 10.3 Å². The van der Waals surface area contributed by atoms with Crippen LogP contribution in [0.4, 0.5) is 5.69 Å². The minimum atomic E-state index is -0.117. The van der Waals surface area contributed by atoms with Crippen molar-refractivity contribution in [1.82, 2.24) is 9.55 Å². The smallest absolute Gasteiger partial charge is 0.255 e. The number of rotatable bonds is 3. The van der Waals surface area contributed by atoms with Crippen LogP contribution in [0.5, 0.6) is 0 Å². The van der Waals surface area contributed by atoms with Gasteiger partial charge < -0.3 is 9.88 Å². The molecule has 0 radical (unpaired) electrons. The molecule has 0 aliphatic rings. The van der Waals surface area contributed by atoms with Gasteiger partial charge in [0, 0.05) is 29.3 Å². The molecule has 1 amide bonds. The Bertz CT molecular complexity index is 1060. The summed E-state index contributed by atoms with van der Waals surface area (Å²) in [6.45, 7) is 4.02. The molecule has 5 heteroatoms. The van der Waals surface area contributed by atoms with Gasteiger partial charge in [-0.15, -0.1) is 11.3 Å². The first kappa shape index (κ1) is 15.6. The van der Waals surface area contributed by atoms with Gasteiger partial charge in [0.15, 0.2) is 0 Å². The van der Waals surface area contributed by atoms with E-state index in [0.717, 1.165) is 32.2 Å². The summed E-state index contributed by atoms with van der Waals surface area (Å²) in [4.78, 5) is 17.1. The van der Waals surface area contributed by atoms with Gasteiger partial charge in [-0.2, -0.15) is 0 Å². The molecule has 0 saturated heterocycles. The Kier molecular flexibility index (Phi) is 3.86. The average Bonchev–Trinajstić information content (AvgIpc) is 3.23. The number of hydrogen-bond acceptors (Lipinski definition) is 3. The lowest BCUT2D eigenvalue weighted by molar-refractivity contribution is 0.102. The maximum Gasteiger partial charge on any atom is 0.255 e. The van der Waals surface area contributed by atoms with E-state index in [1.165, 1.54) is 0 Å². The molecule has 4 nitrogen and oxygen atoms in total. The summed E-state index contributed by atoms with van der Waals surface area (Å²) in [6.07, 6.45) is 3.95. The van der Waals surface area contributed by atoms with Crippen molar-refractivity contribution in [3.63, 3.8) is 0 Å². The predicted octanol–water partition coefficient (Wildman–Crippen LogP) is 4.96. The molecule has 1 N–H and O–H groups in total. The van der Waals surface area contributed by atoms with Crippen LogP contribution in [0.25, 0.3) is 15.9 Å². The van der Waals surface area contributed by atoms with Crippen molar-refractivity contribution < 1.29 is 4.79 Å². The summed E-state index contributed by atoms with van der Waals surface area (Å²) in [7, 11) is 0. The molecule has 0 fully saturated rings. The van der Waals surface area contributed by atoms with Crippen LogP contribution >= 0.6 is 11.3 Å². The largest absolute Gasteiger partial charge is 0.324 e. The van der Waals surface area contributed by atoms with Gasteiger partial charge in [-0.25, -0.2) is 4.98 Å². The fraction of sp³-hybridized carbons (Fsp3) is 0.100. The molecule has 0 saturated carbocycles. The van der Waals surface area contributed by atoms with Crippen molar-refractivity contribution in [3.05, 3.63) is 77.1 Å². The molecule has 0 atom stereocenters. The Balaban J connectivity index is 1.63. The van der Waals surface area contributed by atoms with Gasteiger partial charge in [0.1, 0.15) is 0 Å². The normalized spacial score (nSPS) is 11.0. The molecule has 25 heavy (non-hydrogen) atoms. The van der Waals surface area contributed by atoms with Crippen LogP contribution in [0.1, 0.15) is 20.9 Å². The van der Waals surface area contributed by atoms with E-state index in [9.17, 15) is 4.79 Å². The lowest BCUT2D eigenvalue weighted by atomic mass is 10.1. The second-order valence-corrected chi connectivity index (χ2v) is 7.20. The lowest BCUT2D eigenvalue weighted by Crippen LogP contribution is -2.12. The molecule has 0 aliphatic heterocycles. The number of nitrogens with zero attached hydrogens (tertiary/aromatic N) is 2. The number of hydrogen-bond donors (Lipinski definition) is 1. The third-order valence-electron chi connectivity index (χ3n) is 4.11. The van der Waals surface area contributed by atoms with Crippen LogP contribution in [0.3, 0.4) is 0 Å². The number of nitrogens with one attached hydrogen (secondary N) is 1. The summed E-state index contributed by atoms with van der Waals surface area (Å²) in [5, 5.41) is 4.00. The molecule has 0 unspecified atom stereocenters. The van der Waals surface area contributed by atoms with Gasteiger partial charge in [0.2, 0.25) is 0 Å². The van der Waals surface area contributed by atoms with Gasteiger partial charge in [-0.3, -0.25) is 4.79 Å². The number of thiazole rings is 1. The maximum absolute atomic E-state index is 12.7. The van der Waals surface area contributed by atoms with Crippen LogP contribution in [0, 0.1) is 13.8 Å². The van der Waals surface area contributed by atoms with Crippen molar-refractivity contribution in [2.45, 2.75) is 13.8 Å². The van der Waals surface area contributed by atoms with E-state index in [1.54, 1.807) is 11.3 Å². The summed E-state index contributed by atoms with van der Waals surface area (Å²) >= 11 is 1.63. The molecule has 2 aromatic heterocycles. The SMILES string of the molecule is Cc1nc2ccc(NC(=O)c3ccc(C)c(-n4cccc4)c3)cc2s1. The quantitative estimate of drug-likeness (QED) is 0.569. The predicted molar refractivity (Wildman–Crippen MR) is 103 cm³/mol. The number of carbonyl (C=O) groups is 1. The van der Waals surface area contributed by atoms with Crippen LogP contribution in [-0.4, -0.2) is 15.5 Å². The number of aromatic nitrogens is 2. The highest BCUT2D eigenvalue weighted by Gasteiger charge is 2.10. The molecule has 2 heterocycles. The van der Waals surface area contributed by atoms with Crippen molar-refractivity contribution in [2.75, 3.05) is 5.32 Å². The van der Waals surface area contributed by atoms with E-state index in [-0.39, 0.29) is 5.91 Å². The van der Waals surface area contributed by atoms with Crippen molar-refractivity contribution in [1.29, 1.82) is 0 Å². The molecular formula is C20H17N3OS. The molecule has 4 aromatic rings. The van der Waals surface area contributed by atoms with E-state index >= 15 is 0 Å². The number of carbonyl (C=O) groups excluding carboxylic acids is 1. The van der Waals surface area contributed by atoms with Gasteiger partial charge in [0.25, 0.3) is 5.91 Å². The number of amides is 1. The fourth-order valence-electron chi connectivity index (χ4n) is 2.84. The maximum atomic E-state index is 12.7. The fourth-order valence-corrected chi connectivity index (χ4v) is 3.71. The molecule has 0 aliphatic carbocycles. The topological polar surface area (TPSA) is 46.9 Å². The van der Waals surface area contributed by atoms with E-state index < -0.39 is 0 Å². The summed E-state index contributed by atoms with van der Waals surface area (Å²) in [5.74, 6) is -0.117. The minimum Gasteiger partial charge on any atom is -0.324 e. The van der Waals surface area contributed by atoms with Gasteiger partial charge >= 0.3 is 0 Å². The van der Waals surface area contributed by atoms with E-state index in [1.807, 2.05) is 79.3 Å². The molecule has 0 spiro atoms. The highest BCUT2D eigenvalue weighted by Crippen LogP contribution is 2.25. The Morgan fingerprint density at radius 2 is 1.88 bits per heavy atom. The van der Waals surface area contributed by atoms with Crippen molar-refractivity contribution >= 4 is 33.1 Å². The second kappa shape index (κ2) is 6.18. The first-order valence-corrected chi connectivity index (χ1v) is 8.84. The van der Waals surface area contributed by atoms with Crippen molar-refractivity contribution in [3.8, 4) is 5.69 Å². The number of anilines is 1. The zero-order valence-corrected chi connectivity index (χ0v) is 14.8. The van der Waals surface area contributed by atoms with Crippen LogP contribution in [-0.2, 0) is 0 Å². The monoisotopic (exact) mass is 347 g/mol. The van der Waals surface area contributed by atoms with Gasteiger partial charge in [-0.05, 0) is 61.9 Å². The average molecular weight is 347 g/mol.